The van der Waals surface area contributed by atoms with Crippen molar-refractivity contribution in [2.45, 2.75) is 40.0 Å². The van der Waals surface area contributed by atoms with E-state index in [0.29, 0.717) is 0 Å². The van der Waals surface area contributed by atoms with Gasteiger partial charge in [-0.3, -0.25) is 15.0 Å². The standard InChI is InChI=1S/C35H31N3/c1-22-15-31-28-9-8-14-37-34(28)30(20-33(31)38-21-22)26-16-25(17-27(18-26)35(3,4)5)29-19-24(12-11-23(29)2)32-10-6-7-13-36-32/h6-21H,1-5H3. The van der Waals surface area contributed by atoms with E-state index in [1.165, 1.54) is 22.3 Å². The predicted molar refractivity (Wildman–Crippen MR) is 159 cm³/mol. The first-order valence-electron chi connectivity index (χ1n) is 13.1. The molecule has 0 spiro atoms. The van der Waals surface area contributed by atoms with Crippen LogP contribution in [0.5, 0.6) is 0 Å². The average molecular weight is 494 g/mol. The van der Waals surface area contributed by atoms with Gasteiger partial charge in [-0.15, -0.1) is 0 Å². The Morgan fingerprint density at radius 3 is 2.16 bits per heavy atom. The van der Waals surface area contributed by atoms with Crippen LogP contribution in [0.15, 0.2) is 97.5 Å². The van der Waals surface area contributed by atoms with Crippen LogP contribution in [-0.4, -0.2) is 15.0 Å². The summed E-state index contributed by atoms with van der Waals surface area (Å²) < 4.78 is 0. The zero-order chi connectivity index (χ0) is 26.4. The van der Waals surface area contributed by atoms with Crippen molar-refractivity contribution in [2.24, 2.45) is 0 Å². The van der Waals surface area contributed by atoms with E-state index in [9.17, 15) is 0 Å². The molecule has 0 aliphatic heterocycles. The Hall–Kier alpha value is -4.37. The maximum Gasteiger partial charge on any atom is 0.0787 e. The molecule has 186 valence electrons. The van der Waals surface area contributed by atoms with Crippen molar-refractivity contribution in [1.82, 2.24) is 15.0 Å². The fourth-order valence-electron chi connectivity index (χ4n) is 5.17. The molecule has 3 aromatic heterocycles. The van der Waals surface area contributed by atoms with Gasteiger partial charge >= 0.3 is 0 Å². The van der Waals surface area contributed by atoms with E-state index in [1.807, 2.05) is 36.8 Å². The van der Waals surface area contributed by atoms with Crippen LogP contribution in [0.25, 0.3) is 55.3 Å². The quantitative estimate of drug-likeness (QED) is 0.231. The fourth-order valence-corrected chi connectivity index (χ4v) is 5.17. The minimum absolute atomic E-state index is 0.0211. The summed E-state index contributed by atoms with van der Waals surface area (Å²) in [7, 11) is 0. The predicted octanol–water partition coefficient (Wildman–Crippen LogP) is 9.09. The Bertz CT molecular complexity index is 1810. The molecule has 0 atom stereocenters. The molecule has 0 bridgehead atoms. The Balaban J connectivity index is 1.62. The highest BCUT2D eigenvalue weighted by atomic mass is 14.7. The van der Waals surface area contributed by atoms with Gasteiger partial charge in [-0.2, -0.15) is 0 Å². The van der Waals surface area contributed by atoms with Crippen LogP contribution >= 0.6 is 0 Å². The molecule has 0 unspecified atom stereocenters. The van der Waals surface area contributed by atoms with Crippen LogP contribution in [0.4, 0.5) is 0 Å². The fraction of sp³-hybridized carbons (Fsp3) is 0.171. The summed E-state index contributed by atoms with van der Waals surface area (Å²) in [5.41, 5.74) is 12.4. The second-order valence-electron chi connectivity index (χ2n) is 11.2. The van der Waals surface area contributed by atoms with Crippen molar-refractivity contribution in [3.63, 3.8) is 0 Å². The summed E-state index contributed by atoms with van der Waals surface area (Å²) in [6.45, 7) is 11.1. The minimum Gasteiger partial charge on any atom is -0.256 e. The van der Waals surface area contributed by atoms with Crippen LogP contribution in [0, 0.1) is 13.8 Å². The van der Waals surface area contributed by atoms with Crippen LogP contribution in [0.3, 0.4) is 0 Å². The van der Waals surface area contributed by atoms with E-state index in [1.54, 1.807) is 0 Å². The summed E-state index contributed by atoms with van der Waals surface area (Å²) in [5.74, 6) is 0. The Morgan fingerprint density at radius 1 is 0.605 bits per heavy atom. The summed E-state index contributed by atoms with van der Waals surface area (Å²) in [4.78, 5) is 14.2. The van der Waals surface area contributed by atoms with Crippen molar-refractivity contribution in [3.8, 4) is 33.5 Å². The van der Waals surface area contributed by atoms with Crippen LogP contribution in [0.2, 0.25) is 0 Å². The van der Waals surface area contributed by atoms with Gasteiger partial charge in [-0.25, -0.2) is 0 Å². The lowest BCUT2D eigenvalue weighted by atomic mass is 9.82. The second kappa shape index (κ2) is 9.18. The van der Waals surface area contributed by atoms with Crippen molar-refractivity contribution in [1.29, 1.82) is 0 Å². The third kappa shape index (κ3) is 4.35. The number of hydrogen-bond donors (Lipinski definition) is 0. The average Bonchev–Trinajstić information content (AvgIpc) is 2.93. The Labute approximate surface area is 224 Å². The van der Waals surface area contributed by atoms with E-state index < -0.39 is 0 Å². The van der Waals surface area contributed by atoms with Crippen molar-refractivity contribution < 1.29 is 0 Å². The molecule has 0 saturated carbocycles. The number of pyridine rings is 3. The van der Waals surface area contributed by atoms with E-state index >= 15 is 0 Å². The Kier molecular flexibility index (Phi) is 5.80. The van der Waals surface area contributed by atoms with Gasteiger partial charge in [0.05, 0.1) is 16.7 Å². The zero-order valence-electron chi connectivity index (χ0n) is 22.6. The van der Waals surface area contributed by atoms with Crippen LogP contribution in [0.1, 0.15) is 37.5 Å². The van der Waals surface area contributed by atoms with Crippen LogP contribution in [-0.2, 0) is 5.41 Å². The molecule has 3 nitrogen and oxygen atoms in total. The SMILES string of the molecule is Cc1cnc2cc(-c3cc(-c4cc(-c5ccccn5)ccc4C)cc(C(C)(C)C)c3)c3ncccc3c2c1. The lowest BCUT2D eigenvalue weighted by molar-refractivity contribution is 0.590. The van der Waals surface area contributed by atoms with Crippen molar-refractivity contribution in [3.05, 3.63) is 114 Å². The maximum atomic E-state index is 4.87. The molecule has 0 aliphatic rings. The van der Waals surface area contributed by atoms with Gasteiger partial charge < -0.3 is 0 Å². The molecule has 0 saturated heterocycles. The van der Waals surface area contributed by atoms with Gasteiger partial charge in [0, 0.05) is 40.5 Å². The first-order chi connectivity index (χ1) is 18.3. The topological polar surface area (TPSA) is 38.7 Å². The van der Waals surface area contributed by atoms with Gasteiger partial charge in [0.25, 0.3) is 0 Å². The molecular weight excluding hydrogens is 462 g/mol. The largest absolute Gasteiger partial charge is 0.256 e. The van der Waals surface area contributed by atoms with E-state index in [-0.39, 0.29) is 5.41 Å². The molecule has 38 heavy (non-hydrogen) atoms. The normalized spacial score (nSPS) is 11.8. The van der Waals surface area contributed by atoms with E-state index in [0.717, 1.165) is 49.8 Å². The van der Waals surface area contributed by atoms with Crippen LogP contribution < -0.4 is 0 Å². The molecule has 3 heterocycles. The monoisotopic (exact) mass is 493 g/mol. The smallest absolute Gasteiger partial charge is 0.0787 e. The van der Waals surface area contributed by atoms with E-state index in [4.69, 9.17) is 9.97 Å². The number of rotatable bonds is 3. The molecule has 6 rings (SSSR count). The van der Waals surface area contributed by atoms with Gasteiger partial charge in [0.15, 0.2) is 0 Å². The number of nitrogens with zero attached hydrogens (tertiary/aromatic N) is 3. The van der Waals surface area contributed by atoms with Gasteiger partial charge in [0.2, 0.25) is 0 Å². The van der Waals surface area contributed by atoms with Crippen molar-refractivity contribution >= 4 is 21.8 Å². The Morgan fingerprint density at radius 2 is 1.39 bits per heavy atom. The third-order valence-corrected chi connectivity index (χ3v) is 7.31. The maximum absolute atomic E-state index is 4.87. The molecule has 0 radical (unpaired) electrons. The lowest BCUT2D eigenvalue weighted by Gasteiger charge is -2.23. The van der Waals surface area contributed by atoms with Gasteiger partial charge in [-0.1, -0.05) is 57.2 Å². The van der Waals surface area contributed by atoms with Gasteiger partial charge in [-0.05, 0) is 95.1 Å². The van der Waals surface area contributed by atoms with Gasteiger partial charge in [0.1, 0.15) is 0 Å². The number of benzene rings is 3. The molecule has 0 fully saturated rings. The summed E-state index contributed by atoms with van der Waals surface area (Å²) in [6.07, 6.45) is 5.67. The molecule has 0 aliphatic carbocycles. The number of aromatic nitrogens is 3. The summed E-state index contributed by atoms with van der Waals surface area (Å²) in [6, 6.07) is 28.2. The molecule has 3 heteroatoms. The molecule has 3 aromatic carbocycles. The minimum atomic E-state index is -0.0211. The second-order valence-corrected chi connectivity index (χ2v) is 11.2. The summed E-state index contributed by atoms with van der Waals surface area (Å²) >= 11 is 0. The molecule has 6 aromatic rings. The first kappa shape index (κ1) is 24.0. The number of fused-ring (bicyclic) bond motifs is 3. The molecule has 0 N–H and O–H groups in total. The third-order valence-electron chi connectivity index (χ3n) is 7.31. The number of aryl methyl sites for hydroxylation is 2. The summed E-state index contributed by atoms with van der Waals surface area (Å²) in [5, 5.41) is 2.27. The van der Waals surface area contributed by atoms with E-state index in [2.05, 4.69) is 100 Å². The molecule has 0 amide bonds. The lowest BCUT2D eigenvalue weighted by Crippen LogP contribution is -2.11. The first-order valence-corrected chi connectivity index (χ1v) is 13.1. The highest BCUT2D eigenvalue weighted by molar-refractivity contribution is 6.11. The highest BCUT2D eigenvalue weighted by Crippen LogP contribution is 2.39. The highest BCUT2D eigenvalue weighted by Gasteiger charge is 2.19. The zero-order valence-corrected chi connectivity index (χ0v) is 22.6. The number of hydrogen-bond acceptors (Lipinski definition) is 3. The van der Waals surface area contributed by atoms with Crippen molar-refractivity contribution in [2.75, 3.05) is 0 Å². The molecular formula is C35H31N3.